The molecule has 3 nitrogen and oxygen atoms in total. The van der Waals surface area contributed by atoms with Crippen LogP contribution in [0.25, 0.3) is 0 Å². The fourth-order valence-electron chi connectivity index (χ4n) is 2.10. The van der Waals surface area contributed by atoms with Crippen LogP contribution in [0.2, 0.25) is 0 Å². The van der Waals surface area contributed by atoms with Crippen molar-refractivity contribution in [2.75, 3.05) is 13.7 Å². The summed E-state index contributed by atoms with van der Waals surface area (Å²) in [4.78, 5) is 0. The smallest absolute Gasteiger partial charge is 0.175 e. The van der Waals surface area contributed by atoms with Crippen molar-refractivity contribution in [1.29, 1.82) is 0 Å². The lowest BCUT2D eigenvalue weighted by Crippen LogP contribution is -2.07. The van der Waals surface area contributed by atoms with Crippen molar-refractivity contribution >= 4 is 15.9 Å². The molecule has 0 saturated carbocycles. The third-order valence-electron chi connectivity index (χ3n) is 3.08. The maximum Gasteiger partial charge on any atom is 0.175 e. The summed E-state index contributed by atoms with van der Waals surface area (Å²) in [6.45, 7) is 3.33. The first-order valence-electron chi connectivity index (χ1n) is 7.11. The van der Waals surface area contributed by atoms with Crippen molar-refractivity contribution in [2.24, 2.45) is 0 Å². The van der Waals surface area contributed by atoms with E-state index in [0.29, 0.717) is 23.7 Å². The zero-order valence-corrected chi connectivity index (χ0v) is 14.2. The van der Waals surface area contributed by atoms with Crippen LogP contribution in [0.15, 0.2) is 40.9 Å². The Labute approximate surface area is 138 Å². The minimum atomic E-state index is -0.275. The van der Waals surface area contributed by atoms with Crippen molar-refractivity contribution in [2.45, 2.75) is 20.1 Å². The number of hydrogen-bond donors (Lipinski definition) is 1. The van der Waals surface area contributed by atoms with Crippen molar-refractivity contribution in [1.82, 2.24) is 5.32 Å². The molecule has 5 heteroatoms. The first-order valence-corrected chi connectivity index (χ1v) is 7.91. The number of hydrogen-bond acceptors (Lipinski definition) is 3. The molecule has 0 heterocycles. The zero-order valence-electron chi connectivity index (χ0n) is 12.7. The van der Waals surface area contributed by atoms with Crippen LogP contribution >= 0.6 is 15.9 Å². The van der Waals surface area contributed by atoms with E-state index in [2.05, 4.69) is 21.2 Å². The van der Waals surface area contributed by atoms with Gasteiger partial charge in [-0.25, -0.2) is 4.39 Å². The van der Waals surface area contributed by atoms with E-state index in [0.717, 1.165) is 16.6 Å². The van der Waals surface area contributed by atoms with Gasteiger partial charge in [0.25, 0.3) is 0 Å². The molecule has 0 atom stereocenters. The molecule has 118 valence electrons. The van der Waals surface area contributed by atoms with Crippen LogP contribution in [0, 0.1) is 5.82 Å². The number of benzene rings is 2. The highest BCUT2D eigenvalue weighted by atomic mass is 79.9. The summed E-state index contributed by atoms with van der Waals surface area (Å²) < 4.78 is 25.9. The molecule has 0 bridgehead atoms. The van der Waals surface area contributed by atoms with Gasteiger partial charge in [0.2, 0.25) is 0 Å². The second kappa shape index (κ2) is 8.15. The van der Waals surface area contributed by atoms with Crippen LogP contribution < -0.4 is 14.8 Å². The van der Waals surface area contributed by atoms with Gasteiger partial charge in [0.15, 0.2) is 11.5 Å². The highest BCUT2D eigenvalue weighted by molar-refractivity contribution is 9.10. The highest BCUT2D eigenvalue weighted by Crippen LogP contribution is 2.37. The van der Waals surface area contributed by atoms with Gasteiger partial charge in [0, 0.05) is 12.1 Å². The van der Waals surface area contributed by atoms with E-state index in [1.165, 1.54) is 6.07 Å². The summed E-state index contributed by atoms with van der Waals surface area (Å²) in [6.07, 6.45) is 0. The number of ether oxygens (including phenoxy) is 2. The van der Waals surface area contributed by atoms with E-state index in [4.69, 9.17) is 9.47 Å². The van der Waals surface area contributed by atoms with Gasteiger partial charge in [-0.1, -0.05) is 18.2 Å². The maximum atomic E-state index is 13.7. The van der Waals surface area contributed by atoms with E-state index < -0.39 is 0 Å². The summed E-state index contributed by atoms with van der Waals surface area (Å²) in [5.41, 5.74) is 1.59. The molecular formula is C17H19BrFNO2. The lowest BCUT2D eigenvalue weighted by atomic mass is 10.2. The third-order valence-corrected chi connectivity index (χ3v) is 3.67. The quantitative estimate of drug-likeness (QED) is 0.791. The number of halogens is 2. The first-order chi connectivity index (χ1) is 10.7. The summed E-state index contributed by atoms with van der Waals surface area (Å²) in [6, 6.07) is 10.5. The van der Waals surface area contributed by atoms with E-state index in [1.807, 2.05) is 26.1 Å². The molecule has 0 unspecified atom stereocenters. The molecule has 1 N–H and O–H groups in total. The van der Waals surface area contributed by atoms with Crippen molar-refractivity contribution < 1.29 is 13.9 Å². The van der Waals surface area contributed by atoms with Gasteiger partial charge in [-0.3, -0.25) is 0 Å². The molecule has 0 aliphatic heterocycles. The van der Waals surface area contributed by atoms with Crippen LogP contribution in [-0.4, -0.2) is 13.7 Å². The molecule has 22 heavy (non-hydrogen) atoms. The summed E-state index contributed by atoms with van der Waals surface area (Å²) in [5, 5.41) is 3.10. The monoisotopic (exact) mass is 367 g/mol. The molecule has 2 rings (SSSR count). The molecular weight excluding hydrogens is 349 g/mol. The summed E-state index contributed by atoms with van der Waals surface area (Å²) in [5.74, 6) is 0.965. The zero-order chi connectivity index (χ0) is 15.9. The lowest BCUT2D eigenvalue weighted by molar-refractivity contribution is 0.264. The molecule has 2 aromatic carbocycles. The minimum Gasteiger partial charge on any atom is -0.490 e. The molecule has 0 amide bonds. The van der Waals surface area contributed by atoms with Crippen molar-refractivity contribution in [3.63, 3.8) is 0 Å². The number of nitrogens with one attached hydrogen (secondary N) is 1. The Balaban J connectivity index is 2.23. The van der Waals surface area contributed by atoms with Crippen LogP contribution in [0.5, 0.6) is 11.5 Å². The van der Waals surface area contributed by atoms with Crippen LogP contribution in [0.3, 0.4) is 0 Å². The number of rotatable bonds is 7. The van der Waals surface area contributed by atoms with Crippen molar-refractivity contribution in [3.8, 4) is 11.5 Å². The standard InChI is InChI=1S/C17H19BrFNO2/c1-3-21-16-9-12(10-20-2)8-14(18)17(16)22-11-13-6-4-5-7-15(13)19/h4-9,20H,3,10-11H2,1-2H3. The third kappa shape index (κ3) is 4.21. The maximum absolute atomic E-state index is 13.7. The predicted octanol–water partition coefficient (Wildman–Crippen LogP) is 4.29. The van der Waals surface area contributed by atoms with Gasteiger partial charge in [-0.15, -0.1) is 0 Å². The van der Waals surface area contributed by atoms with Crippen LogP contribution in [0.1, 0.15) is 18.1 Å². The van der Waals surface area contributed by atoms with Gasteiger partial charge < -0.3 is 14.8 Å². The van der Waals surface area contributed by atoms with E-state index in [9.17, 15) is 4.39 Å². The first kappa shape index (κ1) is 16.8. The topological polar surface area (TPSA) is 30.5 Å². The molecule has 0 fully saturated rings. The Hall–Kier alpha value is -1.59. The predicted molar refractivity (Wildman–Crippen MR) is 88.8 cm³/mol. The molecule has 0 spiro atoms. The normalized spacial score (nSPS) is 10.5. The Morgan fingerprint density at radius 3 is 2.64 bits per heavy atom. The molecule has 0 saturated heterocycles. The SMILES string of the molecule is CCOc1cc(CNC)cc(Br)c1OCc1ccccc1F. The lowest BCUT2D eigenvalue weighted by Gasteiger charge is -2.15. The molecule has 0 aromatic heterocycles. The largest absolute Gasteiger partial charge is 0.490 e. The van der Waals surface area contributed by atoms with Gasteiger partial charge in [0.1, 0.15) is 12.4 Å². The Morgan fingerprint density at radius 1 is 1.18 bits per heavy atom. The summed E-state index contributed by atoms with van der Waals surface area (Å²) in [7, 11) is 1.89. The second-order valence-electron chi connectivity index (χ2n) is 4.75. The van der Waals surface area contributed by atoms with Crippen LogP contribution in [0.4, 0.5) is 4.39 Å². The summed E-state index contributed by atoms with van der Waals surface area (Å²) >= 11 is 3.50. The van der Waals surface area contributed by atoms with Gasteiger partial charge >= 0.3 is 0 Å². The van der Waals surface area contributed by atoms with Gasteiger partial charge in [-0.2, -0.15) is 0 Å². The molecule has 2 aromatic rings. The fourth-order valence-corrected chi connectivity index (χ4v) is 2.70. The van der Waals surface area contributed by atoms with Crippen molar-refractivity contribution in [3.05, 3.63) is 57.8 Å². The molecule has 0 aliphatic carbocycles. The highest BCUT2D eigenvalue weighted by Gasteiger charge is 2.13. The average Bonchev–Trinajstić information content (AvgIpc) is 2.49. The van der Waals surface area contributed by atoms with E-state index in [-0.39, 0.29) is 12.4 Å². The fraction of sp³-hybridized carbons (Fsp3) is 0.294. The molecule has 0 aliphatic rings. The van der Waals surface area contributed by atoms with Gasteiger partial charge in [0.05, 0.1) is 11.1 Å². The van der Waals surface area contributed by atoms with E-state index >= 15 is 0 Å². The van der Waals surface area contributed by atoms with Gasteiger partial charge in [-0.05, 0) is 53.7 Å². The minimum absolute atomic E-state index is 0.150. The Morgan fingerprint density at radius 2 is 1.95 bits per heavy atom. The second-order valence-corrected chi connectivity index (χ2v) is 5.60. The van der Waals surface area contributed by atoms with E-state index in [1.54, 1.807) is 18.2 Å². The average molecular weight is 368 g/mol. The Kier molecular flexibility index (Phi) is 6.21. The van der Waals surface area contributed by atoms with Crippen LogP contribution in [-0.2, 0) is 13.2 Å². The molecule has 0 radical (unpaired) electrons. The Bertz CT molecular complexity index is 634.